The average Bonchev–Trinajstić information content (AvgIpc) is 2.34. The Bertz CT molecular complexity index is 581. The molecule has 0 bridgehead atoms. The quantitative estimate of drug-likeness (QED) is 0.471. The number of hydrogen-bond acceptors (Lipinski definition) is 6. The minimum absolute atomic E-state index is 0.119. The number of methoxy groups -OCH3 is 1. The SMILES string of the molecule is CC=NNc1ccc(C(=O)OC)c(S(N)(=O)=O)c1. The van der Waals surface area contributed by atoms with E-state index in [0.717, 1.165) is 7.11 Å². The summed E-state index contributed by atoms with van der Waals surface area (Å²) < 4.78 is 27.3. The van der Waals surface area contributed by atoms with Gasteiger partial charge in [0.05, 0.1) is 23.3 Å². The third-order valence-electron chi connectivity index (χ3n) is 2.02. The van der Waals surface area contributed by atoms with Crippen molar-refractivity contribution < 1.29 is 17.9 Å². The Kier molecular flexibility index (Phi) is 4.40. The zero-order chi connectivity index (χ0) is 13.8. The molecule has 18 heavy (non-hydrogen) atoms. The zero-order valence-corrected chi connectivity index (χ0v) is 10.7. The number of benzene rings is 1. The molecule has 0 fully saturated rings. The Morgan fingerprint density at radius 3 is 2.67 bits per heavy atom. The highest BCUT2D eigenvalue weighted by Crippen LogP contribution is 2.20. The van der Waals surface area contributed by atoms with Gasteiger partial charge in [0.25, 0.3) is 0 Å². The first kappa shape index (κ1) is 14.1. The second-order valence-electron chi connectivity index (χ2n) is 3.25. The monoisotopic (exact) mass is 271 g/mol. The van der Waals surface area contributed by atoms with Crippen LogP contribution < -0.4 is 10.6 Å². The first-order valence-corrected chi connectivity index (χ1v) is 6.43. The molecule has 1 aromatic carbocycles. The van der Waals surface area contributed by atoms with Crippen molar-refractivity contribution in [1.82, 2.24) is 0 Å². The van der Waals surface area contributed by atoms with Gasteiger partial charge < -0.3 is 4.74 Å². The van der Waals surface area contributed by atoms with Gasteiger partial charge in [0.15, 0.2) is 0 Å². The summed E-state index contributed by atoms with van der Waals surface area (Å²) >= 11 is 0. The van der Waals surface area contributed by atoms with Crippen LogP contribution in [-0.4, -0.2) is 27.7 Å². The fraction of sp³-hybridized carbons (Fsp3) is 0.200. The Morgan fingerprint density at radius 1 is 1.50 bits per heavy atom. The minimum atomic E-state index is -4.03. The molecule has 0 aliphatic rings. The van der Waals surface area contributed by atoms with Crippen LogP contribution in [0.15, 0.2) is 28.2 Å². The van der Waals surface area contributed by atoms with Crippen molar-refractivity contribution in [3.8, 4) is 0 Å². The third-order valence-corrected chi connectivity index (χ3v) is 2.97. The highest BCUT2D eigenvalue weighted by atomic mass is 32.2. The normalized spacial score (nSPS) is 11.5. The number of nitrogens with one attached hydrogen (secondary N) is 1. The molecule has 1 rings (SSSR count). The lowest BCUT2D eigenvalue weighted by atomic mass is 10.2. The second-order valence-corrected chi connectivity index (χ2v) is 4.78. The van der Waals surface area contributed by atoms with Gasteiger partial charge >= 0.3 is 5.97 Å². The summed E-state index contributed by atoms with van der Waals surface area (Å²) in [7, 11) is -2.87. The fourth-order valence-corrected chi connectivity index (χ4v) is 1.99. The summed E-state index contributed by atoms with van der Waals surface area (Å²) in [4.78, 5) is 11.1. The maximum Gasteiger partial charge on any atom is 0.339 e. The Balaban J connectivity index is 3.34. The van der Waals surface area contributed by atoms with Gasteiger partial charge in [-0.25, -0.2) is 18.4 Å². The lowest BCUT2D eigenvalue weighted by Gasteiger charge is -2.08. The molecule has 0 saturated carbocycles. The van der Waals surface area contributed by atoms with Gasteiger partial charge in [-0.3, -0.25) is 5.43 Å². The first-order chi connectivity index (χ1) is 8.40. The lowest BCUT2D eigenvalue weighted by molar-refractivity contribution is 0.0596. The van der Waals surface area contributed by atoms with E-state index in [9.17, 15) is 13.2 Å². The molecule has 0 amide bonds. The van der Waals surface area contributed by atoms with Crippen molar-refractivity contribution in [2.75, 3.05) is 12.5 Å². The van der Waals surface area contributed by atoms with Crippen molar-refractivity contribution in [3.05, 3.63) is 23.8 Å². The van der Waals surface area contributed by atoms with E-state index in [-0.39, 0.29) is 10.5 Å². The molecular weight excluding hydrogens is 258 g/mol. The minimum Gasteiger partial charge on any atom is -0.465 e. The van der Waals surface area contributed by atoms with Crippen LogP contribution in [0.2, 0.25) is 0 Å². The van der Waals surface area contributed by atoms with E-state index < -0.39 is 16.0 Å². The molecule has 8 heteroatoms. The van der Waals surface area contributed by atoms with Crippen LogP contribution in [0.5, 0.6) is 0 Å². The highest BCUT2D eigenvalue weighted by molar-refractivity contribution is 7.89. The van der Waals surface area contributed by atoms with Crippen LogP contribution in [0.25, 0.3) is 0 Å². The summed E-state index contributed by atoms with van der Waals surface area (Å²) in [6.07, 6.45) is 1.49. The topological polar surface area (TPSA) is 111 Å². The van der Waals surface area contributed by atoms with Gasteiger partial charge in [0.2, 0.25) is 10.0 Å². The van der Waals surface area contributed by atoms with E-state index >= 15 is 0 Å². The van der Waals surface area contributed by atoms with Crippen molar-refractivity contribution in [3.63, 3.8) is 0 Å². The first-order valence-electron chi connectivity index (χ1n) is 4.89. The second kappa shape index (κ2) is 5.61. The smallest absolute Gasteiger partial charge is 0.339 e. The number of nitrogens with zero attached hydrogens (tertiary/aromatic N) is 1. The lowest BCUT2D eigenvalue weighted by Crippen LogP contribution is -2.17. The molecule has 0 atom stereocenters. The number of rotatable bonds is 4. The van der Waals surface area contributed by atoms with E-state index in [1.54, 1.807) is 6.92 Å². The van der Waals surface area contributed by atoms with Crippen molar-refractivity contribution >= 4 is 27.9 Å². The summed E-state index contributed by atoms with van der Waals surface area (Å²) in [6.45, 7) is 1.69. The number of carbonyl (C=O) groups is 1. The third kappa shape index (κ3) is 3.28. The van der Waals surface area contributed by atoms with Crippen molar-refractivity contribution in [2.45, 2.75) is 11.8 Å². The molecule has 7 nitrogen and oxygen atoms in total. The molecule has 0 aromatic heterocycles. The van der Waals surface area contributed by atoms with Gasteiger partial charge in [-0.15, -0.1) is 0 Å². The van der Waals surface area contributed by atoms with E-state index in [4.69, 9.17) is 5.14 Å². The molecule has 3 N–H and O–H groups in total. The molecular formula is C10H13N3O4S. The molecule has 1 aromatic rings. The maximum atomic E-state index is 11.4. The predicted octanol–water partition coefficient (Wildman–Crippen LogP) is 0.538. The Morgan fingerprint density at radius 2 is 2.17 bits per heavy atom. The number of anilines is 1. The van der Waals surface area contributed by atoms with Crippen LogP contribution >= 0.6 is 0 Å². The standard InChI is InChI=1S/C10H13N3O4S/c1-3-12-13-7-4-5-8(10(14)17-2)9(6-7)18(11,15)16/h3-6,13H,1-2H3,(H2,11,15,16). The van der Waals surface area contributed by atoms with Gasteiger partial charge in [0.1, 0.15) is 0 Å². The van der Waals surface area contributed by atoms with Gasteiger partial charge in [-0.2, -0.15) is 5.10 Å². The number of esters is 1. The molecule has 0 unspecified atom stereocenters. The molecule has 98 valence electrons. The van der Waals surface area contributed by atoms with Crippen LogP contribution in [0.4, 0.5) is 5.69 Å². The molecule has 0 aliphatic heterocycles. The molecule has 0 spiro atoms. The fourth-order valence-electron chi connectivity index (χ4n) is 1.24. The zero-order valence-electron chi connectivity index (χ0n) is 9.88. The molecule has 0 heterocycles. The van der Waals surface area contributed by atoms with Crippen LogP contribution in [-0.2, 0) is 14.8 Å². The number of nitrogens with two attached hydrogens (primary N) is 1. The number of hydrogen-bond donors (Lipinski definition) is 2. The van der Waals surface area contributed by atoms with Crippen LogP contribution in [0.1, 0.15) is 17.3 Å². The summed E-state index contributed by atoms with van der Waals surface area (Å²) in [6, 6.07) is 4.02. The average molecular weight is 271 g/mol. The van der Waals surface area contributed by atoms with E-state index in [0.29, 0.717) is 5.69 Å². The summed E-state index contributed by atoms with van der Waals surface area (Å²) in [5.74, 6) is -0.774. The number of hydrazone groups is 1. The largest absolute Gasteiger partial charge is 0.465 e. The number of sulfonamides is 1. The van der Waals surface area contributed by atoms with E-state index in [2.05, 4.69) is 15.3 Å². The molecule has 0 radical (unpaired) electrons. The Labute approximate surface area is 105 Å². The van der Waals surface area contributed by atoms with E-state index in [1.807, 2.05) is 0 Å². The van der Waals surface area contributed by atoms with E-state index in [1.165, 1.54) is 24.4 Å². The molecule has 0 aliphatic carbocycles. The number of ether oxygens (including phenoxy) is 1. The summed E-state index contributed by atoms with van der Waals surface area (Å²) in [5, 5.41) is 8.78. The predicted molar refractivity (Wildman–Crippen MR) is 66.9 cm³/mol. The maximum absolute atomic E-state index is 11.4. The molecule has 0 saturated heterocycles. The van der Waals surface area contributed by atoms with Gasteiger partial charge in [0, 0.05) is 6.21 Å². The van der Waals surface area contributed by atoms with Crippen LogP contribution in [0.3, 0.4) is 0 Å². The van der Waals surface area contributed by atoms with Gasteiger partial charge in [-0.1, -0.05) is 0 Å². The number of carbonyl (C=O) groups excluding carboxylic acids is 1. The van der Waals surface area contributed by atoms with Gasteiger partial charge in [-0.05, 0) is 25.1 Å². The Hall–Kier alpha value is -1.93. The highest BCUT2D eigenvalue weighted by Gasteiger charge is 2.20. The summed E-state index contributed by atoms with van der Waals surface area (Å²) in [5.41, 5.74) is 2.86. The number of primary sulfonamides is 1. The van der Waals surface area contributed by atoms with Crippen molar-refractivity contribution in [2.24, 2.45) is 10.2 Å². The van der Waals surface area contributed by atoms with Crippen LogP contribution in [0, 0.1) is 0 Å². The van der Waals surface area contributed by atoms with Crippen molar-refractivity contribution in [1.29, 1.82) is 0 Å².